The van der Waals surface area contributed by atoms with Crippen LogP contribution >= 0.6 is 24.0 Å². The van der Waals surface area contributed by atoms with E-state index in [0.29, 0.717) is 27.3 Å². The van der Waals surface area contributed by atoms with E-state index in [-0.39, 0.29) is 5.91 Å². The lowest BCUT2D eigenvalue weighted by Crippen LogP contribution is -2.27. The highest BCUT2D eigenvalue weighted by Gasteiger charge is 2.33. The molecule has 0 bridgehead atoms. The van der Waals surface area contributed by atoms with Crippen LogP contribution in [0, 0.1) is 6.92 Å². The number of hydrogen-bond donors (Lipinski definition) is 0. The summed E-state index contributed by atoms with van der Waals surface area (Å²) in [7, 11) is 1.59. The monoisotopic (exact) mass is 448 g/mol. The Balaban J connectivity index is 1.53. The van der Waals surface area contributed by atoms with Gasteiger partial charge in [0.25, 0.3) is 5.91 Å². The Labute approximate surface area is 190 Å². The quantitative estimate of drug-likeness (QED) is 0.373. The van der Waals surface area contributed by atoms with E-state index in [1.165, 1.54) is 11.8 Å². The van der Waals surface area contributed by atoms with Crippen molar-refractivity contribution in [3.63, 3.8) is 0 Å². The Bertz CT molecular complexity index is 1150. The normalized spacial score (nSPS) is 14.9. The molecule has 1 aliphatic rings. The molecule has 1 fully saturated rings. The van der Waals surface area contributed by atoms with Gasteiger partial charge in [0.1, 0.15) is 6.61 Å². The van der Waals surface area contributed by atoms with Gasteiger partial charge in [0.2, 0.25) is 0 Å². The summed E-state index contributed by atoms with van der Waals surface area (Å²) >= 11 is 6.75. The second-order valence-corrected chi connectivity index (χ2v) is 8.58. The van der Waals surface area contributed by atoms with E-state index in [9.17, 15) is 4.79 Å². The van der Waals surface area contributed by atoms with Crippen LogP contribution in [-0.2, 0) is 11.4 Å². The molecule has 1 aromatic heterocycles. The van der Waals surface area contributed by atoms with Gasteiger partial charge in [-0.25, -0.2) is 0 Å². The van der Waals surface area contributed by atoms with E-state index in [2.05, 4.69) is 4.98 Å². The summed E-state index contributed by atoms with van der Waals surface area (Å²) in [5, 5.41) is 0. The van der Waals surface area contributed by atoms with Gasteiger partial charge in [-0.1, -0.05) is 47.7 Å². The van der Waals surface area contributed by atoms with Crippen molar-refractivity contribution < 1.29 is 14.3 Å². The number of amides is 1. The first-order valence-electron chi connectivity index (χ1n) is 9.59. The molecule has 7 heteroatoms. The fraction of sp³-hybridized carbons (Fsp3) is 0.125. The molecular weight excluding hydrogens is 428 g/mol. The Morgan fingerprint density at radius 1 is 1.06 bits per heavy atom. The minimum atomic E-state index is -0.129. The van der Waals surface area contributed by atoms with Gasteiger partial charge in [0.05, 0.1) is 17.7 Å². The van der Waals surface area contributed by atoms with Gasteiger partial charge in [-0.2, -0.15) is 0 Å². The number of ether oxygens (including phenoxy) is 2. The number of methoxy groups -OCH3 is 1. The molecule has 0 radical (unpaired) electrons. The molecule has 1 amide bonds. The third kappa shape index (κ3) is 4.78. The number of hydrogen-bond acceptors (Lipinski definition) is 6. The van der Waals surface area contributed by atoms with Gasteiger partial charge in [-0.05, 0) is 60.5 Å². The minimum Gasteiger partial charge on any atom is -0.493 e. The molecule has 156 valence electrons. The van der Waals surface area contributed by atoms with E-state index in [4.69, 9.17) is 21.7 Å². The maximum Gasteiger partial charge on any atom is 0.270 e. The van der Waals surface area contributed by atoms with Crippen molar-refractivity contribution in [1.82, 2.24) is 4.98 Å². The van der Waals surface area contributed by atoms with E-state index in [1.807, 2.05) is 67.6 Å². The van der Waals surface area contributed by atoms with Crippen molar-refractivity contribution in [1.29, 1.82) is 0 Å². The first-order chi connectivity index (χ1) is 15.0. The highest BCUT2D eigenvalue weighted by Crippen LogP contribution is 2.37. The van der Waals surface area contributed by atoms with Crippen molar-refractivity contribution in [3.05, 3.63) is 88.6 Å². The van der Waals surface area contributed by atoms with Gasteiger partial charge in [0.15, 0.2) is 15.8 Å². The lowest BCUT2D eigenvalue weighted by Gasteiger charge is -2.14. The molecule has 0 unspecified atom stereocenters. The van der Waals surface area contributed by atoms with E-state index in [1.54, 1.807) is 24.4 Å². The summed E-state index contributed by atoms with van der Waals surface area (Å²) in [6, 6.07) is 17.1. The number of rotatable bonds is 6. The zero-order valence-electron chi connectivity index (χ0n) is 17.1. The molecule has 0 N–H and O–H groups in total. The molecule has 31 heavy (non-hydrogen) atoms. The third-order valence-corrected chi connectivity index (χ3v) is 6.02. The van der Waals surface area contributed by atoms with Crippen LogP contribution in [0.1, 0.15) is 16.7 Å². The molecule has 1 aliphatic heterocycles. The minimum absolute atomic E-state index is 0.129. The predicted molar refractivity (Wildman–Crippen MR) is 128 cm³/mol. The third-order valence-electron chi connectivity index (χ3n) is 4.72. The summed E-state index contributed by atoms with van der Waals surface area (Å²) in [4.78, 5) is 19.1. The molecule has 2 aromatic carbocycles. The summed E-state index contributed by atoms with van der Waals surface area (Å²) in [6.07, 6.45) is 5.28. The second kappa shape index (κ2) is 9.32. The van der Waals surface area contributed by atoms with E-state index in [0.717, 1.165) is 22.4 Å². The molecule has 0 atom stereocenters. The van der Waals surface area contributed by atoms with Gasteiger partial charge >= 0.3 is 0 Å². The fourth-order valence-corrected chi connectivity index (χ4v) is 4.37. The average molecular weight is 449 g/mol. The summed E-state index contributed by atoms with van der Waals surface area (Å²) < 4.78 is 11.9. The number of nitrogens with zero attached hydrogens (tertiary/aromatic N) is 2. The molecule has 3 aromatic rings. The number of benzene rings is 2. The van der Waals surface area contributed by atoms with Crippen LogP contribution in [0.5, 0.6) is 11.5 Å². The van der Waals surface area contributed by atoms with E-state index < -0.39 is 0 Å². The molecule has 5 nitrogen and oxygen atoms in total. The first kappa shape index (κ1) is 21.1. The van der Waals surface area contributed by atoms with Gasteiger partial charge in [-0.3, -0.25) is 14.7 Å². The van der Waals surface area contributed by atoms with Crippen LogP contribution < -0.4 is 14.4 Å². The summed E-state index contributed by atoms with van der Waals surface area (Å²) in [5.74, 6) is 1.09. The Hall–Kier alpha value is -3.16. The SMILES string of the molecule is COc1cc(/C=C2\SC(=S)N(c3ccc(C)cc3)C2=O)ccc1OCc1ccncc1. The van der Waals surface area contributed by atoms with Crippen molar-refractivity contribution in [2.75, 3.05) is 12.0 Å². The van der Waals surface area contributed by atoms with Crippen LogP contribution in [0.3, 0.4) is 0 Å². The first-order valence-corrected chi connectivity index (χ1v) is 10.8. The lowest BCUT2D eigenvalue weighted by molar-refractivity contribution is -0.113. The second-order valence-electron chi connectivity index (χ2n) is 6.91. The number of carbonyl (C=O) groups is 1. The molecule has 0 spiro atoms. The Kier molecular flexibility index (Phi) is 6.34. The van der Waals surface area contributed by atoms with Crippen molar-refractivity contribution >= 4 is 46.0 Å². The van der Waals surface area contributed by atoms with E-state index >= 15 is 0 Å². The number of pyridine rings is 1. The largest absolute Gasteiger partial charge is 0.493 e. The lowest BCUT2D eigenvalue weighted by atomic mass is 10.1. The average Bonchev–Trinajstić information content (AvgIpc) is 3.07. The topological polar surface area (TPSA) is 51.7 Å². The maximum atomic E-state index is 13.0. The summed E-state index contributed by atoms with van der Waals surface area (Å²) in [5.41, 5.74) is 3.75. The van der Waals surface area contributed by atoms with Crippen LogP contribution in [0.4, 0.5) is 5.69 Å². The standard InChI is InChI=1S/C24H20N2O3S2/c1-16-3-6-19(7-4-16)26-23(27)22(31-24(26)30)14-18-5-8-20(21(13-18)28-2)29-15-17-9-11-25-12-10-17/h3-14H,15H2,1-2H3/b22-14-. The maximum absolute atomic E-state index is 13.0. The summed E-state index contributed by atoms with van der Waals surface area (Å²) in [6.45, 7) is 2.42. The van der Waals surface area contributed by atoms with Crippen molar-refractivity contribution in [2.45, 2.75) is 13.5 Å². The number of aromatic nitrogens is 1. The van der Waals surface area contributed by atoms with Gasteiger partial charge < -0.3 is 9.47 Å². The van der Waals surface area contributed by atoms with Crippen LogP contribution in [-0.4, -0.2) is 22.3 Å². The number of anilines is 1. The zero-order chi connectivity index (χ0) is 21.8. The van der Waals surface area contributed by atoms with Crippen molar-refractivity contribution in [3.8, 4) is 11.5 Å². The number of thioether (sulfide) groups is 1. The smallest absolute Gasteiger partial charge is 0.270 e. The van der Waals surface area contributed by atoms with Crippen LogP contribution in [0.15, 0.2) is 71.9 Å². The van der Waals surface area contributed by atoms with Crippen molar-refractivity contribution in [2.24, 2.45) is 0 Å². The Morgan fingerprint density at radius 3 is 2.52 bits per heavy atom. The fourth-order valence-electron chi connectivity index (χ4n) is 3.07. The molecule has 4 rings (SSSR count). The molecule has 2 heterocycles. The van der Waals surface area contributed by atoms with Crippen LogP contribution in [0.25, 0.3) is 6.08 Å². The number of carbonyl (C=O) groups excluding carboxylic acids is 1. The highest BCUT2D eigenvalue weighted by molar-refractivity contribution is 8.27. The van der Waals surface area contributed by atoms with Gasteiger partial charge in [0, 0.05) is 12.4 Å². The molecular formula is C24H20N2O3S2. The predicted octanol–water partition coefficient (Wildman–Crippen LogP) is 5.38. The van der Waals surface area contributed by atoms with Crippen LogP contribution in [0.2, 0.25) is 0 Å². The number of thiocarbonyl (C=S) groups is 1. The Morgan fingerprint density at radius 2 is 1.81 bits per heavy atom. The molecule has 0 aliphatic carbocycles. The molecule has 0 saturated carbocycles. The zero-order valence-corrected chi connectivity index (χ0v) is 18.7. The molecule has 1 saturated heterocycles. The highest BCUT2D eigenvalue weighted by atomic mass is 32.2. The van der Waals surface area contributed by atoms with Gasteiger partial charge in [-0.15, -0.1) is 0 Å². The number of aryl methyl sites for hydroxylation is 1.